The molecule has 1 aliphatic rings. The summed E-state index contributed by atoms with van der Waals surface area (Å²) in [5, 5.41) is 0. The Morgan fingerprint density at radius 1 is 1.07 bits per heavy atom. The van der Waals surface area contributed by atoms with Gasteiger partial charge in [-0.15, -0.1) is 0 Å². The highest BCUT2D eigenvalue weighted by atomic mass is 16.5. The fourth-order valence-electron chi connectivity index (χ4n) is 3.42. The van der Waals surface area contributed by atoms with Gasteiger partial charge in [-0.1, -0.05) is 0 Å². The average molecular weight is 383 g/mol. The molecule has 1 aromatic carbocycles. The van der Waals surface area contributed by atoms with E-state index >= 15 is 0 Å². The molecular formula is C21H25N3O4. The van der Waals surface area contributed by atoms with Gasteiger partial charge in [0.1, 0.15) is 0 Å². The largest absolute Gasteiger partial charge is 0.493 e. The Hall–Kier alpha value is -3.09. The lowest BCUT2D eigenvalue weighted by Gasteiger charge is -2.36. The van der Waals surface area contributed by atoms with E-state index in [0.717, 1.165) is 18.8 Å². The Balaban J connectivity index is 1.70. The molecule has 3 rings (SSSR count). The smallest absolute Gasteiger partial charge is 0.227 e. The number of carbonyl (C=O) groups is 2. The third kappa shape index (κ3) is 4.24. The molecule has 0 bridgehead atoms. The van der Waals surface area contributed by atoms with Gasteiger partial charge in [0.15, 0.2) is 17.3 Å². The zero-order valence-corrected chi connectivity index (χ0v) is 16.5. The first-order chi connectivity index (χ1) is 13.5. The van der Waals surface area contributed by atoms with E-state index in [1.54, 1.807) is 18.3 Å². The summed E-state index contributed by atoms with van der Waals surface area (Å²) in [6.45, 7) is 4.26. The van der Waals surface area contributed by atoms with Crippen molar-refractivity contribution in [3.05, 3.63) is 47.8 Å². The van der Waals surface area contributed by atoms with Crippen LogP contribution >= 0.6 is 0 Å². The predicted molar refractivity (Wildman–Crippen MR) is 106 cm³/mol. The van der Waals surface area contributed by atoms with Crippen molar-refractivity contribution in [2.75, 3.05) is 45.3 Å². The highest BCUT2D eigenvalue weighted by molar-refractivity contribution is 5.97. The number of hydrogen-bond donors (Lipinski definition) is 0. The summed E-state index contributed by atoms with van der Waals surface area (Å²) in [7, 11) is 3.06. The lowest BCUT2D eigenvalue weighted by atomic mass is 9.99. The van der Waals surface area contributed by atoms with Crippen molar-refractivity contribution < 1.29 is 19.1 Å². The number of Topliss-reactive ketones (excluding diaryl/α,β-unsaturated/α-hetero) is 1. The molecule has 0 spiro atoms. The minimum atomic E-state index is -0.106. The quantitative estimate of drug-likeness (QED) is 0.712. The molecule has 7 heteroatoms. The first-order valence-electron chi connectivity index (χ1n) is 9.22. The number of benzene rings is 1. The van der Waals surface area contributed by atoms with Gasteiger partial charge in [-0.25, -0.2) is 0 Å². The minimum Gasteiger partial charge on any atom is -0.493 e. The molecule has 0 unspecified atom stereocenters. The number of pyridine rings is 1. The zero-order valence-electron chi connectivity index (χ0n) is 16.5. The zero-order chi connectivity index (χ0) is 20.1. The molecule has 0 radical (unpaired) electrons. The topological polar surface area (TPSA) is 72.0 Å². The van der Waals surface area contributed by atoms with Crippen LogP contribution in [0.5, 0.6) is 11.5 Å². The number of hydrogen-bond acceptors (Lipinski definition) is 6. The Morgan fingerprint density at radius 2 is 1.75 bits per heavy atom. The van der Waals surface area contributed by atoms with Gasteiger partial charge >= 0.3 is 0 Å². The van der Waals surface area contributed by atoms with Crippen molar-refractivity contribution in [1.29, 1.82) is 0 Å². The van der Waals surface area contributed by atoms with Crippen molar-refractivity contribution in [1.82, 2.24) is 9.88 Å². The number of methoxy groups -OCH3 is 2. The Kier molecular flexibility index (Phi) is 6.13. The first-order valence-corrected chi connectivity index (χ1v) is 9.22. The second kappa shape index (κ2) is 8.73. The number of rotatable bonds is 6. The molecule has 2 heterocycles. The number of ketones is 1. The second-order valence-electron chi connectivity index (χ2n) is 6.68. The molecule has 148 valence electrons. The predicted octanol–water partition coefficient (Wildman–Crippen LogP) is 2.19. The molecule has 0 aliphatic carbocycles. The summed E-state index contributed by atoms with van der Waals surface area (Å²) in [5.74, 6) is 0.886. The van der Waals surface area contributed by atoms with Gasteiger partial charge < -0.3 is 19.3 Å². The maximum atomic E-state index is 12.9. The van der Waals surface area contributed by atoms with Crippen molar-refractivity contribution in [3.8, 4) is 11.5 Å². The Morgan fingerprint density at radius 3 is 2.32 bits per heavy atom. The number of anilines is 1. The number of ether oxygens (including phenoxy) is 2. The standard InChI is InChI=1S/C21H25N3O4/c1-15(25)18-13-20(28-3)19(27-2)11-16(18)12-21(26)24-9-7-23(8-10-24)17-5-4-6-22-14-17/h4-6,11,13-14H,7-10,12H2,1-3H3. The van der Waals surface area contributed by atoms with Crippen LogP contribution in [0.2, 0.25) is 0 Å². The lowest BCUT2D eigenvalue weighted by Crippen LogP contribution is -2.49. The Bertz CT molecular complexity index is 846. The van der Waals surface area contributed by atoms with Gasteiger partial charge in [0, 0.05) is 37.9 Å². The summed E-state index contributed by atoms with van der Waals surface area (Å²) < 4.78 is 10.6. The van der Waals surface area contributed by atoms with Crippen LogP contribution in [0.3, 0.4) is 0 Å². The van der Waals surface area contributed by atoms with E-state index < -0.39 is 0 Å². The monoisotopic (exact) mass is 383 g/mol. The third-order valence-electron chi connectivity index (χ3n) is 4.97. The van der Waals surface area contributed by atoms with E-state index in [0.29, 0.717) is 35.7 Å². The van der Waals surface area contributed by atoms with Gasteiger partial charge in [-0.3, -0.25) is 14.6 Å². The lowest BCUT2D eigenvalue weighted by molar-refractivity contribution is -0.130. The van der Waals surface area contributed by atoms with E-state index in [1.165, 1.54) is 21.1 Å². The molecule has 1 aliphatic heterocycles. The number of nitrogens with zero attached hydrogens (tertiary/aromatic N) is 3. The molecule has 0 saturated carbocycles. The number of amides is 1. The molecule has 1 fully saturated rings. The van der Waals surface area contributed by atoms with Crippen molar-refractivity contribution in [2.24, 2.45) is 0 Å². The van der Waals surface area contributed by atoms with Crippen LogP contribution in [0.4, 0.5) is 5.69 Å². The van der Waals surface area contributed by atoms with Crippen LogP contribution in [0.1, 0.15) is 22.8 Å². The summed E-state index contributed by atoms with van der Waals surface area (Å²) in [6, 6.07) is 7.30. The third-order valence-corrected chi connectivity index (χ3v) is 4.97. The van der Waals surface area contributed by atoms with E-state index in [9.17, 15) is 9.59 Å². The molecule has 1 amide bonds. The van der Waals surface area contributed by atoms with Crippen LogP contribution in [-0.4, -0.2) is 62.0 Å². The van der Waals surface area contributed by atoms with Gasteiger partial charge in [-0.2, -0.15) is 0 Å². The van der Waals surface area contributed by atoms with Crippen LogP contribution in [0.25, 0.3) is 0 Å². The second-order valence-corrected chi connectivity index (χ2v) is 6.68. The average Bonchev–Trinajstić information content (AvgIpc) is 2.73. The molecule has 1 aromatic heterocycles. The highest BCUT2D eigenvalue weighted by Gasteiger charge is 2.23. The fraction of sp³-hybridized carbons (Fsp3) is 0.381. The summed E-state index contributed by atoms with van der Waals surface area (Å²) in [5.41, 5.74) is 2.21. The summed E-state index contributed by atoms with van der Waals surface area (Å²) in [6.07, 6.45) is 3.74. The van der Waals surface area contributed by atoms with Gasteiger partial charge in [0.25, 0.3) is 0 Å². The molecule has 28 heavy (non-hydrogen) atoms. The van der Waals surface area contributed by atoms with Crippen LogP contribution in [-0.2, 0) is 11.2 Å². The first kappa shape index (κ1) is 19.7. The normalized spacial score (nSPS) is 14.0. The number of piperazine rings is 1. The number of carbonyl (C=O) groups excluding carboxylic acids is 2. The molecule has 7 nitrogen and oxygen atoms in total. The van der Waals surface area contributed by atoms with Gasteiger partial charge in [-0.05, 0) is 36.8 Å². The highest BCUT2D eigenvalue weighted by Crippen LogP contribution is 2.31. The summed E-state index contributed by atoms with van der Waals surface area (Å²) in [4.78, 5) is 33.1. The van der Waals surface area contributed by atoms with Gasteiger partial charge in [0.2, 0.25) is 5.91 Å². The van der Waals surface area contributed by atoms with Crippen LogP contribution in [0.15, 0.2) is 36.7 Å². The number of aromatic nitrogens is 1. The molecule has 1 saturated heterocycles. The molecule has 2 aromatic rings. The maximum Gasteiger partial charge on any atom is 0.227 e. The molecular weight excluding hydrogens is 358 g/mol. The van der Waals surface area contributed by atoms with Gasteiger partial charge in [0.05, 0.1) is 32.5 Å². The van der Waals surface area contributed by atoms with Crippen molar-refractivity contribution in [2.45, 2.75) is 13.3 Å². The molecule has 0 N–H and O–H groups in total. The minimum absolute atomic E-state index is 0.000515. The fourth-order valence-corrected chi connectivity index (χ4v) is 3.42. The van der Waals surface area contributed by atoms with Crippen LogP contribution in [0, 0.1) is 0 Å². The van der Waals surface area contributed by atoms with E-state index in [-0.39, 0.29) is 18.1 Å². The molecule has 0 atom stereocenters. The SMILES string of the molecule is COc1cc(CC(=O)N2CCN(c3cccnc3)CC2)c(C(C)=O)cc1OC. The van der Waals surface area contributed by atoms with E-state index in [2.05, 4.69) is 9.88 Å². The van der Waals surface area contributed by atoms with E-state index in [1.807, 2.05) is 23.2 Å². The van der Waals surface area contributed by atoms with E-state index in [4.69, 9.17) is 9.47 Å². The summed E-state index contributed by atoms with van der Waals surface area (Å²) >= 11 is 0. The van der Waals surface area contributed by atoms with Crippen molar-refractivity contribution in [3.63, 3.8) is 0 Å². The Labute approximate surface area is 164 Å². The van der Waals surface area contributed by atoms with Crippen molar-refractivity contribution >= 4 is 17.4 Å². The maximum absolute atomic E-state index is 12.9. The van der Waals surface area contributed by atoms with Crippen LogP contribution < -0.4 is 14.4 Å².